The number of aliphatic carboxylic acids is 1. The third-order valence-corrected chi connectivity index (χ3v) is 5.36. The molecule has 1 N–H and O–H groups in total. The van der Waals surface area contributed by atoms with Crippen molar-refractivity contribution in [3.8, 4) is 0 Å². The molecule has 0 aromatic carbocycles. The number of allylic oxidation sites excluding steroid dienone is 2. The number of carbonyl (C=O) groups is 2. The van der Waals surface area contributed by atoms with Gasteiger partial charge in [-0.25, -0.2) is 0 Å². The minimum Gasteiger partial charge on any atom is -0.550 e. The smallest absolute Gasteiger partial charge is 0.310 e. The zero-order valence-electron chi connectivity index (χ0n) is 12.6. The lowest BCUT2D eigenvalue weighted by molar-refractivity contribution is -0.314. The summed E-state index contributed by atoms with van der Waals surface area (Å²) in [5.74, 6) is -3.24. The molecule has 2 aliphatic carbocycles. The van der Waals surface area contributed by atoms with Gasteiger partial charge in [-0.3, -0.25) is 4.79 Å². The summed E-state index contributed by atoms with van der Waals surface area (Å²) in [5.41, 5.74) is -0.430. The zero-order chi connectivity index (χ0) is 15.6. The molecule has 0 saturated heterocycles. The Morgan fingerprint density at radius 1 is 1.24 bits per heavy atom. The Morgan fingerprint density at radius 3 is 2.29 bits per heavy atom. The second-order valence-electron chi connectivity index (χ2n) is 6.29. The van der Waals surface area contributed by atoms with Crippen molar-refractivity contribution in [3.63, 3.8) is 0 Å². The summed E-state index contributed by atoms with van der Waals surface area (Å²) in [6.07, 6.45) is 5.87. The Balaban J connectivity index is 2.03. The van der Waals surface area contributed by atoms with Gasteiger partial charge in [-0.1, -0.05) is 26.0 Å². The van der Waals surface area contributed by atoms with E-state index in [9.17, 15) is 19.8 Å². The van der Waals surface area contributed by atoms with Crippen molar-refractivity contribution in [2.24, 2.45) is 29.1 Å². The second-order valence-corrected chi connectivity index (χ2v) is 6.29. The van der Waals surface area contributed by atoms with E-state index in [-0.39, 0.29) is 25.0 Å². The topological polar surface area (TPSA) is 86.7 Å². The van der Waals surface area contributed by atoms with Crippen LogP contribution in [0.5, 0.6) is 0 Å². The van der Waals surface area contributed by atoms with Crippen LogP contribution >= 0.6 is 0 Å². The molecule has 118 valence electrons. The van der Waals surface area contributed by atoms with Crippen LogP contribution in [-0.2, 0) is 14.3 Å². The number of fused-ring (bicyclic) bond motifs is 2. The lowest BCUT2D eigenvalue weighted by atomic mass is 9.82. The molecule has 0 aliphatic heterocycles. The number of carboxylic acids is 1. The van der Waals surface area contributed by atoms with Crippen LogP contribution in [0.15, 0.2) is 12.2 Å². The fourth-order valence-corrected chi connectivity index (χ4v) is 3.51. The molecule has 1 saturated carbocycles. The lowest BCUT2D eigenvalue weighted by Gasteiger charge is -2.31. The molecule has 0 radical (unpaired) electrons. The summed E-state index contributed by atoms with van der Waals surface area (Å²) < 4.78 is 5.37. The Bertz CT molecular complexity index is 430. The predicted octanol–water partition coefficient (Wildman–Crippen LogP) is 0.516. The molecule has 0 spiro atoms. The third-order valence-electron chi connectivity index (χ3n) is 5.36. The molecular weight excluding hydrogens is 272 g/mol. The van der Waals surface area contributed by atoms with Crippen molar-refractivity contribution in [3.05, 3.63) is 12.2 Å². The summed E-state index contributed by atoms with van der Waals surface area (Å²) in [6, 6.07) is 0. The fourth-order valence-electron chi connectivity index (χ4n) is 3.51. The fraction of sp³-hybridized carbons (Fsp3) is 0.750. The monoisotopic (exact) mass is 295 g/mol. The molecule has 5 heteroatoms. The molecule has 1 fully saturated rings. The Labute approximate surface area is 125 Å². The van der Waals surface area contributed by atoms with E-state index in [0.29, 0.717) is 19.3 Å². The third kappa shape index (κ3) is 2.84. The van der Waals surface area contributed by atoms with Gasteiger partial charge in [0.05, 0.1) is 19.1 Å². The molecule has 0 heterocycles. The van der Waals surface area contributed by atoms with Gasteiger partial charge in [0.2, 0.25) is 0 Å². The molecule has 21 heavy (non-hydrogen) atoms. The van der Waals surface area contributed by atoms with Crippen LogP contribution in [0.25, 0.3) is 0 Å². The number of esters is 1. The summed E-state index contributed by atoms with van der Waals surface area (Å²) in [4.78, 5) is 23.6. The van der Waals surface area contributed by atoms with Crippen molar-refractivity contribution >= 4 is 11.9 Å². The molecule has 0 amide bonds. The molecule has 4 atom stereocenters. The first-order chi connectivity index (χ1) is 9.98. The summed E-state index contributed by atoms with van der Waals surface area (Å²) in [5, 5.41) is 20.8. The van der Waals surface area contributed by atoms with Gasteiger partial charge in [-0.2, -0.15) is 0 Å². The maximum Gasteiger partial charge on any atom is 0.310 e. The number of hydrogen-bond acceptors (Lipinski definition) is 5. The molecule has 0 aromatic heterocycles. The standard InChI is InChI=1S/C16H24O5/c1-3-16(4-2,8-17)9-21-15(20)13-11-6-5-10(7-11)12(13)14(18)19/h5-6,10-13,17H,3-4,7-9H2,1-2H3,(H,18,19)/p-1. The highest BCUT2D eigenvalue weighted by atomic mass is 16.5. The molecule has 2 bridgehead atoms. The van der Waals surface area contributed by atoms with Crippen LogP contribution in [0, 0.1) is 29.1 Å². The van der Waals surface area contributed by atoms with Gasteiger partial charge in [0.1, 0.15) is 0 Å². The number of rotatable bonds is 7. The van der Waals surface area contributed by atoms with E-state index >= 15 is 0 Å². The van der Waals surface area contributed by atoms with Gasteiger partial charge in [-0.15, -0.1) is 0 Å². The van der Waals surface area contributed by atoms with Gasteiger partial charge in [0, 0.05) is 17.3 Å². The number of ether oxygens (including phenoxy) is 1. The van der Waals surface area contributed by atoms with Gasteiger partial charge < -0.3 is 19.7 Å². The zero-order valence-corrected chi connectivity index (χ0v) is 12.6. The molecule has 2 aliphatic rings. The largest absolute Gasteiger partial charge is 0.550 e. The van der Waals surface area contributed by atoms with Crippen LogP contribution in [-0.4, -0.2) is 30.3 Å². The molecule has 4 unspecified atom stereocenters. The van der Waals surface area contributed by atoms with Crippen molar-refractivity contribution in [1.29, 1.82) is 0 Å². The summed E-state index contributed by atoms with van der Waals surface area (Å²) >= 11 is 0. The summed E-state index contributed by atoms with van der Waals surface area (Å²) in [7, 11) is 0. The van der Waals surface area contributed by atoms with Crippen molar-refractivity contribution in [2.45, 2.75) is 33.1 Å². The maximum absolute atomic E-state index is 12.3. The van der Waals surface area contributed by atoms with Crippen LogP contribution in [0.1, 0.15) is 33.1 Å². The van der Waals surface area contributed by atoms with Gasteiger partial charge in [0.25, 0.3) is 0 Å². The number of hydrogen-bond donors (Lipinski definition) is 1. The molecule has 5 nitrogen and oxygen atoms in total. The highest BCUT2D eigenvalue weighted by Crippen LogP contribution is 2.48. The van der Waals surface area contributed by atoms with E-state index in [2.05, 4.69) is 0 Å². The molecule has 2 rings (SSSR count). The highest BCUT2D eigenvalue weighted by molar-refractivity contribution is 5.82. The van der Waals surface area contributed by atoms with Gasteiger partial charge in [-0.05, 0) is 31.1 Å². The average molecular weight is 295 g/mol. The van der Waals surface area contributed by atoms with Gasteiger partial charge in [0.15, 0.2) is 0 Å². The summed E-state index contributed by atoms with van der Waals surface area (Å²) in [6.45, 7) is 3.97. The number of aliphatic hydroxyl groups is 1. The first-order valence-corrected chi connectivity index (χ1v) is 7.64. The van der Waals surface area contributed by atoms with Crippen molar-refractivity contribution < 1.29 is 24.5 Å². The van der Waals surface area contributed by atoms with Crippen molar-refractivity contribution in [2.75, 3.05) is 13.2 Å². The number of carboxylic acid groups (broad SMARTS) is 1. The minimum atomic E-state index is -1.17. The van der Waals surface area contributed by atoms with Crippen molar-refractivity contribution in [1.82, 2.24) is 0 Å². The van der Waals surface area contributed by atoms with Crippen LogP contribution in [0.4, 0.5) is 0 Å². The van der Waals surface area contributed by atoms with Crippen LogP contribution in [0.3, 0.4) is 0 Å². The van der Waals surface area contributed by atoms with E-state index in [4.69, 9.17) is 4.74 Å². The molecule has 0 aromatic rings. The molecular formula is C16H23O5-. The number of carbonyl (C=O) groups excluding carboxylic acids is 2. The first-order valence-electron chi connectivity index (χ1n) is 7.64. The Hall–Kier alpha value is -1.36. The number of aliphatic hydroxyl groups excluding tert-OH is 1. The van der Waals surface area contributed by atoms with E-state index in [1.807, 2.05) is 26.0 Å². The van der Waals surface area contributed by atoms with E-state index in [1.165, 1.54) is 0 Å². The van der Waals surface area contributed by atoms with E-state index in [1.54, 1.807) is 0 Å². The normalized spacial score (nSPS) is 30.6. The van der Waals surface area contributed by atoms with Crippen LogP contribution in [0.2, 0.25) is 0 Å². The minimum absolute atomic E-state index is 0.0478. The Kier molecular flexibility index (Phi) is 4.71. The van der Waals surface area contributed by atoms with E-state index < -0.39 is 29.2 Å². The maximum atomic E-state index is 12.3. The van der Waals surface area contributed by atoms with Gasteiger partial charge >= 0.3 is 5.97 Å². The average Bonchev–Trinajstić information content (AvgIpc) is 3.09. The van der Waals surface area contributed by atoms with E-state index in [0.717, 1.165) is 0 Å². The SMILES string of the molecule is CCC(CC)(CO)COC(=O)C1C2C=CC(C2)C1C(=O)[O-]. The second kappa shape index (κ2) is 6.18. The first kappa shape index (κ1) is 16.0. The quantitative estimate of drug-likeness (QED) is 0.546. The van der Waals surface area contributed by atoms with Crippen LogP contribution < -0.4 is 5.11 Å². The lowest BCUT2D eigenvalue weighted by Crippen LogP contribution is -2.42. The Morgan fingerprint density at radius 2 is 1.81 bits per heavy atom. The highest BCUT2D eigenvalue weighted by Gasteiger charge is 2.49. The predicted molar refractivity (Wildman–Crippen MR) is 73.8 cm³/mol.